The van der Waals surface area contributed by atoms with Gasteiger partial charge in [0.25, 0.3) is 0 Å². The van der Waals surface area contributed by atoms with Gasteiger partial charge >= 0.3 is 5.69 Å². The van der Waals surface area contributed by atoms with E-state index in [4.69, 9.17) is 0 Å². The number of nitrogens with zero attached hydrogens (tertiary/aromatic N) is 2. The smallest absolute Gasteiger partial charge is 0.304 e. The van der Waals surface area contributed by atoms with Gasteiger partial charge in [0.15, 0.2) is 5.00 Å². The molecule has 1 heterocycles. The van der Waals surface area contributed by atoms with Gasteiger partial charge < -0.3 is 10.0 Å². The van der Waals surface area contributed by atoms with E-state index in [1.165, 1.54) is 17.4 Å². The average Bonchev–Trinajstić information content (AvgIpc) is 2.71. The monoisotopic (exact) mass is 300 g/mol. The van der Waals surface area contributed by atoms with E-state index in [2.05, 4.69) is 32.6 Å². The Morgan fingerprint density at radius 1 is 1.25 bits per heavy atom. The van der Waals surface area contributed by atoms with Crippen molar-refractivity contribution >= 4 is 22.0 Å². The summed E-state index contributed by atoms with van der Waals surface area (Å²) >= 11 is 1.32. The lowest BCUT2D eigenvalue weighted by atomic mass is 10.1. The van der Waals surface area contributed by atoms with Crippen LogP contribution in [-0.4, -0.2) is 23.1 Å². The first-order chi connectivity index (χ1) is 9.22. The maximum atomic E-state index is 11.2. The van der Waals surface area contributed by atoms with E-state index in [1.807, 2.05) is 0 Å². The van der Waals surface area contributed by atoms with Crippen LogP contribution < -0.4 is 4.90 Å². The number of hydrogen-bond acceptors (Lipinski definition) is 5. The van der Waals surface area contributed by atoms with E-state index < -0.39 is 6.10 Å². The Kier molecular flexibility index (Phi) is 5.95. The second-order valence-electron chi connectivity index (χ2n) is 5.96. The molecule has 1 aromatic heterocycles. The van der Waals surface area contributed by atoms with Crippen LogP contribution in [0.25, 0.3) is 0 Å². The molecule has 0 aromatic carbocycles. The number of aliphatic hydroxyl groups excluding tert-OH is 1. The number of aliphatic hydroxyl groups is 1. The lowest BCUT2D eigenvalue weighted by Crippen LogP contribution is -2.31. The Hall–Kier alpha value is -1.14. The maximum Gasteiger partial charge on any atom is 0.304 e. The summed E-state index contributed by atoms with van der Waals surface area (Å²) in [6, 6.07) is 1.50. The minimum Gasteiger partial charge on any atom is -0.388 e. The van der Waals surface area contributed by atoms with Crippen LogP contribution in [0.1, 0.15) is 45.6 Å². The van der Waals surface area contributed by atoms with Gasteiger partial charge in [-0.25, -0.2) is 0 Å². The SMILES string of the molecule is CC(C)CN(CC(C)C)c1sc([C@@H](C)O)cc1[N+](=O)[O-]. The molecule has 1 aromatic rings. The third-order valence-electron chi connectivity index (χ3n) is 2.78. The predicted molar refractivity (Wildman–Crippen MR) is 83.5 cm³/mol. The van der Waals surface area contributed by atoms with Gasteiger partial charge in [-0.15, -0.1) is 11.3 Å². The lowest BCUT2D eigenvalue weighted by Gasteiger charge is -2.26. The molecular formula is C14H24N2O3S. The minimum absolute atomic E-state index is 0.104. The standard InChI is InChI=1S/C14H24N2O3S/c1-9(2)7-15(8-10(3)4)14-12(16(18)19)6-13(20-14)11(5)17/h6,9-11,17H,7-8H2,1-5H3/t11-/m1/s1. The summed E-state index contributed by atoms with van der Waals surface area (Å²) < 4.78 is 0. The Morgan fingerprint density at radius 3 is 2.10 bits per heavy atom. The summed E-state index contributed by atoms with van der Waals surface area (Å²) in [5, 5.41) is 21.6. The Labute approximate surface area is 124 Å². The molecule has 0 spiro atoms. The predicted octanol–water partition coefficient (Wildman–Crippen LogP) is 3.83. The molecule has 0 aliphatic heterocycles. The van der Waals surface area contributed by atoms with Crippen molar-refractivity contribution in [1.82, 2.24) is 0 Å². The van der Waals surface area contributed by atoms with Gasteiger partial charge in [-0.3, -0.25) is 10.1 Å². The van der Waals surface area contributed by atoms with E-state index >= 15 is 0 Å². The zero-order chi connectivity index (χ0) is 15.4. The van der Waals surface area contributed by atoms with Crippen molar-refractivity contribution in [3.8, 4) is 0 Å². The normalized spacial score (nSPS) is 13.0. The third-order valence-corrected chi connectivity index (χ3v) is 4.13. The molecule has 1 N–H and O–H groups in total. The third kappa shape index (κ3) is 4.45. The lowest BCUT2D eigenvalue weighted by molar-refractivity contribution is -0.383. The molecule has 114 valence electrons. The molecule has 0 amide bonds. The first-order valence-corrected chi connectivity index (χ1v) is 7.75. The van der Waals surface area contributed by atoms with Crippen LogP contribution in [0.2, 0.25) is 0 Å². The summed E-state index contributed by atoms with van der Waals surface area (Å²) in [7, 11) is 0. The highest BCUT2D eigenvalue weighted by molar-refractivity contribution is 7.16. The van der Waals surface area contributed by atoms with Crippen LogP contribution in [0.3, 0.4) is 0 Å². The summed E-state index contributed by atoms with van der Waals surface area (Å²) in [6.45, 7) is 11.6. The second kappa shape index (κ2) is 7.04. The van der Waals surface area contributed by atoms with Crippen molar-refractivity contribution < 1.29 is 10.0 Å². The number of rotatable bonds is 7. The van der Waals surface area contributed by atoms with Gasteiger partial charge in [0.1, 0.15) is 0 Å². The summed E-state index contributed by atoms with van der Waals surface area (Å²) in [6.07, 6.45) is -0.674. The largest absolute Gasteiger partial charge is 0.388 e. The fourth-order valence-corrected chi connectivity index (χ4v) is 3.16. The number of thiophene rings is 1. The summed E-state index contributed by atoms with van der Waals surface area (Å²) in [5.41, 5.74) is 0.104. The zero-order valence-electron chi connectivity index (χ0n) is 12.8. The van der Waals surface area contributed by atoms with Crippen molar-refractivity contribution in [2.24, 2.45) is 11.8 Å². The topological polar surface area (TPSA) is 66.6 Å². The quantitative estimate of drug-likeness (QED) is 0.614. The average molecular weight is 300 g/mol. The van der Waals surface area contributed by atoms with Crippen molar-refractivity contribution in [1.29, 1.82) is 0 Å². The first-order valence-electron chi connectivity index (χ1n) is 6.93. The van der Waals surface area contributed by atoms with Gasteiger partial charge in [0.05, 0.1) is 11.0 Å². The molecule has 0 aliphatic carbocycles. The number of hydrogen-bond donors (Lipinski definition) is 1. The van der Waals surface area contributed by atoms with Crippen molar-refractivity contribution in [2.75, 3.05) is 18.0 Å². The highest BCUT2D eigenvalue weighted by Gasteiger charge is 2.26. The number of nitro groups is 1. The van der Waals surface area contributed by atoms with E-state index in [-0.39, 0.29) is 10.6 Å². The highest BCUT2D eigenvalue weighted by atomic mass is 32.1. The fraction of sp³-hybridized carbons (Fsp3) is 0.714. The van der Waals surface area contributed by atoms with Crippen molar-refractivity contribution in [2.45, 2.75) is 40.7 Å². The molecule has 20 heavy (non-hydrogen) atoms. The Morgan fingerprint density at radius 2 is 1.75 bits per heavy atom. The van der Waals surface area contributed by atoms with Crippen LogP contribution in [-0.2, 0) is 0 Å². The molecule has 0 saturated carbocycles. The number of anilines is 1. The highest BCUT2D eigenvalue weighted by Crippen LogP contribution is 2.40. The van der Waals surface area contributed by atoms with E-state index in [9.17, 15) is 15.2 Å². The summed E-state index contributed by atoms with van der Waals surface area (Å²) in [4.78, 5) is 13.6. The molecular weight excluding hydrogens is 276 g/mol. The van der Waals surface area contributed by atoms with E-state index in [1.54, 1.807) is 6.92 Å². The molecule has 0 bridgehead atoms. The van der Waals surface area contributed by atoms with Gasteiger partial charge in [-0.05, 0) is 18.8 Å². The second-order valence-corrected chi connectivity index (χ2v) is 7.03. The molecule has 1 atom stereocenters. The summed E-state index contributed by atoms with van der Waals surface area (Å²) in [5.74, 6) is 0.843. The van der Waals surface area contributed by atoms with Gasteiger partial charge in [-0.1, -0.05) is 27.7 Å². The maximum absolute atomic E-state index is 11.2. The molecule has 0 saturated heterocycles. The molecule has 0 fully saturated rings. The molecule has 6 heteroatoms. The van der Waals surface area contributed by atoms with Crippen molar-refractivity contribution in [3.05, 3.63) is 21.1 Å². The minimum atomic E-state index is -0.674. The van der Waals surface area contributed by atoms with Crippen LogP contribution in [0.5, 0.6) is 0 Å². The first kappa shape index (κ1) is 16.9. The molecule has 0 unspecified atom stereocenters. The van der Waals surface area contributed by atoms with Gasteiger partial charge in [0.2, 0.25) is 0 Å². The van der Waals surface area contributed by atoms with E-state index in [0.717, 1.165) is 13.1 Å². The Bertz CT molecular complexity index is 445. The van der Waals surface area contributed by atoms with Crippen LogP contribution >= 0.6 is 11.3 Å². The molecule has 1 rings (SSSR count). The van der Waals surface area contributed by atoms with Gasteiger partial charge in [-0.2, -0.15) is 0 Å². The van der Waals surface area contributed by atoms with Crippen LogP contribution in [0.4, 0.5) is 10.7 Å². The van der Waals surface area contributed by atoms with Crippen LogP contribution in [0, 0.1) is 22.0 Å². The molecule has 5 nitrogen and oxygen atoms in total. The molecule has 0 radical (unpaired) electrons. The Balaban J connectivity index is 3.19. The van der Waals surface area contributed by atoms with Crippen molar-refractivity contribution in [3.63, 3.8) is 0 Å². The zero-order valence-corrected chi connectivity index (χ0v) is 13.6. The fourth-order valence-electron chi connectivity index (χ4n) is 2.07. The van der Waals surface area contributed by atoms with E-state index in [0.29, 0.717) is 21.7 Å². The molecule has 0 aliphatic rings. The van der Waals surface area contributed by atoms with Crippen LogP contribution in [0.15, 0.2) is 6.07 Å². The van der Waals surface area contributed by atoms with Gasteiger partial charge in [0, 0.05) is 24.0 Å².